The van der Waals surface area contributed by atoms with Gasteiger partial charge in [0, 0.05) is 11.5 Å². The molecule has 1 aromatic heterocycles. The molecule has 2 fully saturated rings. The summed E-state index contributed by atoms with van der Waals surface area (Å²) in [5, 5.41) is 9.05. The maximum absolute atomic E-state index is 14.1. The second-order valence-corrected chi connectivity index (χ2v) is 7.58. The van der Waals surface area contributed by atoms with Gasteiger partial charge in [-0.05, 0) is 79.5 Å². The first-order valence-electron chi connectivity index (χ1n) is 10.0. The molecule has 2 saturated carbocycles. The molecule has 5 rings (SSSR count). The minimum absolute atomic E-state index is 0.0648. The van der Waals surface area contributed by atoms with Gasteiger partial charge in [-0.1, -0.05) is 6.42 Å². The fourth-order valence-corrected chi connectivity index (χ4v) is 3.59. The van der Waals surface area contributed by atoms with E-state index in [-0.39, 0.29) is 18.3 Å². The standard InChI is InChI=1S/C18H14F3N.C4H8O.CH3NO/c19-12-6-4-11(5-7-12)17-16(10-2-1-3-10)14-8-13(20)9-15(21)18(14)22-17;5-4-2-1-3-4;2-1-3/h4-10,22H,1-3H2;4-5H,1-3H2;1H,(H2,2,3). The smallest absolute Gasteiger partial charge is 0.204 e. The number of carbonyl (C=O) groups excluding carboxylic acids is 1. The van der Waals surface area contributed by atoms with Gasteiger partial charge in [-0.25, -0.2) is 13.2 Å². The first-order valence-corrected chi connectivity index (χ1v) is 10.0. The summed E-state index contributed by atoms with van der Waals surface area (Å²) in [5.74, 6) is -1.18. The van der Waals surface area contributed by atoms with Crippen LogP contribution in [0.1, 0.15) is 50.0 Å². The van der Waals surface area contributed by atoms with Crippen LogP contribution in [0.15, 0.2) is 36.4 Å². The number of primary amides is 1. The summed E-state index contributed by atoms with van der Waals surface area (Å²) >= 11 is 0. The number of benzene rings is 2. The Kier molecular flexibility index (Phi) is 7.15. The highest BCUT2D eigenvalue weighted by molar-refractivity contribution is 5.92. The maximum Gasteiger partial charge on any atom is 0.204 e. The minimum atomic E-state index is -0.594. The SMILES string of the molecule is Fc1ccc(-c2[nH]c3c(F)cc(F)cc3c2C2CCC2)cc1.NC=O.OC1CCC1. The maximum atomic E-state index is 14.1. The molecule has 0 radical (unpaired) electrons. The molecule has 0 bridgehead atoms. The van der Waals surface area contributed by atoms with Crippen LogP contribution in [0, 0.1) is 17.5 Å². The summed E-state index contributed by atoms with van der Waals surface area (Å²) in [6.07, 6.45) is 6.78. The first kappa shape index (κ1) is 21.9. The monoisotopic (exact) mass is 418 g/mol. The van der Waals surface area contributed by atoms with Crippen LogP contribution in [-0.4, -0.2) is 22.6 Å². The summed E-state index contributed by atoms with van der Waals surface area (Å²) in [5.41, 5.74) is 7.00. The van der Waals surface area contributed by atoms with Crippen molar-refractivity contribution < 1.29 is 23.1 Å². The number of hydrogen-bond donors (Lipinski definition) is 3. The van der Waals surface area contributed by atoms with E-state index in [2.05, 4.69) is 10.7 Å². The Bertz CT molecular complexity index is 994. The van der Waals surface area contributed by atoms with E-state index < -0.39 is 11.6 Å². The number of rotatable bonds is 2. The lowest BCUT2D eigenvalue weighted by atomic mass is 9.78. The van der Waals surface area contributed by atoms with Crippen molar-refractivity contribution in [2.75, 3.05) is 0 Å². The topological polar surface area (TPSA) is 79.1 Å². The number of hydrogen-bond acceptors (Lipinski definition) is 2. The van der Waals surface area contributed by atoms with Crippen molar-refractivity contribution in [3.05, 3.63) is 59.4 Å². The van der Waals surface area contributed by atoms with Gasteiger partial charge < -0.3 is 15.8 Å². The largest absolute Gasteiger partial charge is 0.393 e. The highest BCUT2D eigenvalue weighted by Crippen LogP contribution is 2.45. The van der Waals surface area contributed by atoms with Crippen LogP contribution in [0.4, 0.5) is 13.2 Å². The lowest BCUT2D eigenvalue weighted by Gasteiger charge is -2.26. The molecule has 2 aliphatic rings. The molecular formula is C23H25F3N2O2. The van der Waals surface area contributed by atoms with Crippen molar-refractivity contribution in [3.63, 3.8) is 0 Å². The molecule has 2 aliphatic carbocycles. The normalized spacial score (nSPS) is 15.9. The van der Waals surface area contributed by atoms with Crippen molar-refractivity contribution in [2.45, 2.75) is 50.5 Å². The van der Waals surface area contributed by atoms with Crippen LogP contribution < -0.4 is 5.73 Å². The van der Waals surface area contributed by atoms with Gasteiger partial charge in [0.05, 0.1) is 17.3 Å². The summed E-state index contributed by atoms with van der Waals surface area (Å²) in [7, 11) is 0. The molecule has 7 heteroatoms. The summed E-state index contributed by atoms with van der Waals surface area (Å²) in [6, 6.07) is 8.35. The van der Waals surface area contributed by atoms with Gasteiger partial charge in [0.2, 0.25) is 6.41 Å². The molecule has 4 nitrogen and oxygen atoms in total. The number of aliphatic hydroxyl groups is 1. The highest BCUT2D eigenvalue weighted by atomic mass is 19.1. The zero-order chi connectivity index (χ0) is 21.7. The lowest BCUT2D eigenvalue weighted by molar-refractivity contribution is -0.106. The van der Waals surface area contributed by atoms with Crippen molar-refractivity contribution in [1.82, 2.24) is 4.98 Å². The third kappa shape index (κ3) is 4.84. The Balaban J connectivity index is 0.000000272. The molecule has 0 spiro atoms. The van der Waals surface area contributed by atoms with E-state index in [9.17, 15) is 13.2 Å². The van der Waals surface area contributed by atoms with E-state index in [0.717, 1.165) is 55.0 Å². The zero-order valence-corrected chi connectivity index (χ0v) is 16.5. The molecule has 2 aromatic carbocycles. The van der Waals surface area contributed by atoms with E-state index >= 15 is 0 Å². The number of amides is 1. The lowest BCUT2D eigenvalue weighted by Crippen LogP contribution is -2.15. The van der Waals surface area contributed by atoms with E-state index in [0.29, 0.717) is 16.8 Å². The zero-order valence-electron chi connectivity index (χ0n) is 16.5. The molecule has 0 aliphatic heterocycles. The van der Waals surface area contributed by atoms with Gasteiger partial charge in [-0.3, -0.25) is 4.79 Å². The Morgan fingerprint density at radius 1 is 0.967 bits per heavy atom. The van der Waals surface area contributed by atoms with Crippen LogP contribution in [0.5, 0.6) is 0 Å². The van der Waals surface area contributed by atoms with Gasteiger partial charge in [0.25, 0.3) is 0 Å². The molecule has 3 aromatic rings. The first-order chi connectivity index (χ1) is 14.4. The van der Waals surface area contributed by atoms with E-state index in [4.69, 9.17) is 9.90 Å². The van der Waals surface area contributed by atoms with E-state index in [1.807, 2.05) is 0 Å². The molecule has 30 heavy (non-hydrogen) atoms. The minimum Gasteiger partial charge on any atom is -0.393 e. The predicted molar refractivity (Wildman–Crippen MR) is 110 cm³/mol. The Labute approximate surface area is 172 Å². The number of aromatic amines is 1. The fraction of sp³-hybridized carbons (Fsp3) is 0.348. The number of aromatic nitrogens is 1. The number of H-pyrrole nitrogens is 1. The second kappa shape index (κ2) is 9.80. The fourth-order valence-electron chi connectivity index (χ4n) is 3.59. The molecular weight excluding hydrogens is 393 g/mol. The molecule has 160 valence electrons. The predicted octanol–water partition coefficient (Wildman–Crippen LogP) is 5.15. The molecule has 0 unspecified atom stereocenters. The Morgan fingerprint density at radius 3 is 2.00 bits per heavy atom. The van der Waals surface area contributed by atoms with Crippen molar-refractivity contribution in [2.24, 2.45) is 5.73 Å². The van der Waals surface area contributed by atoms with Crippen LogP contribution in [-0.2, 0) is 4.79 Å². The third-order valence-corrected chi connectivity index (χ3v) is 5.59. The van der Waals surface area contributed by atoms with Gasteiger partial charge in [0.1, 0.15) is 17.5 Å². The molecule has 0 atom stereocenters. The Morgan fingerprint density at radius 2 is 1.53 bits per heavy atom. The van der Waals surface area contributed by atoms with Crippen LogP contribution in [0.25, 0.3) is 22.2 Å². The number of carbonyl (C=O) groups is 1. The molecule has 4 N–H and O–H groups in total. The molecule has 0 saturated heterocycles. The highest BCUT2D eigenvalue weighted by Gasteiger charge is 2.27. The number of nitrogens with two attached hydrogens (primary N) is 1. The van der Waals surface area contributed by atoms with Crippen LogP contribution >= 0.6 is 0 Å². The van der Waals surface area contributed by atoms with Crippen molar-refractivity contribution in [1.29, 1.82) is 0 Å². The molecule has 1 heterocycles. The number of nitrogens with one attached hydrogen (secondary N) is 1. The summed E-state index contributed by atoms with van der Waals surface area (Å²) in [4.78, 5) is 11.7. The number of aliphatic hydroxyl groups excluding tert-OH is 1. The molecule has 1 amide bonds. The van der Waals surface area contributed by atoms with Gasteiger partial charge in [-0.15, -0.1) is 0 Å². The number of halogens is 3. The van der Waals surface area contributed by atoms with Crippen LogP contribution in [0.2, 0.25) is 0 Å². The summed E-state index contributed by atoms with van der Waals surface area (Å²) < 4.78 is 40.8. The average Bonchev–Trinajstić information content (AvgIpc) is 3.00. The van der Waals surface area contributed by atoms with Crippen molar-refractivity contribution in [3.8, 4) is 11.3 Å². The van der Waals surface area contributed by atoms with Gasteiger partial charge in [-0.2, -0.15) is 0 Å². The van der Waals surface area contributed by atoms with E-state index in [1.54, 1.807) is 12.1 Å². The van der Waals surface area contributed by atoms with Gasteiger partial charge >= 0.3 is 0 Å². The van der Waals surface area contributed by atoms with Gasteiger partial charge in [0.15, 0.2) is 0 Å². The number of fused-ring (bicyclic) bond motifs is 1. The quantitative estimate of drug-likeness (QED) is 0.503. The van der Waals surface area contributed by atoms with E-state index in [1.165, 1.54) is 24.6 Å². The van der Waals surface area contributed by atoms with Crippen molar-refractivity contribution >= 4 is 17.3 Å². The Hall–Kier alpha value is -2.80. The average molecular weight is 418 g/mol. The summed E-state index contributed by atoms with van der Waals surface area (Å²) in [6.45, 7) is 0. The second-order valence-electron chi connectivity index (χ2n) is 7.58. The third-order valence-electron chi connectivity index (χ3n) is 5.59. The van der Waals surface area contributed by atoms with Crippen LogP contribution in [0.3, 0.4) is 0 Å².